The highest BCUT2D eigenvalue weighted by atomic mass is 16.7. The van der Waals surface area contributed by atoms with E-state index >= 15 is 0 Å². The average Bonchev–Trinajstić information content (AvgIpc) is 2.76. The molecule has 1 saturated heterocycles. The minimum Gasteiger partial charge on any atom is -0.399 e. The molecule has 6 heteroatoms. The van der Waals surface area contributed by atoms with E-state index in [0.717, 1.165) is 37.6 Å². The highest BCUT2D eigenvalue weighted by molar-refractivity contribution is 5.67. The number of carbonyl (C=O) groups is 1. The van der Waals surface area contributed by atoms with Gasteiger partial charge in [0.2, 0.25) is 0 Å². The van der Waals surface area contributed by atoms with Crippen LogP contribution in [0.1, 0.15) is 0 Å². The molecule has 148 valence electrons. The number of benzene rings is 3. The van der Waals surface area contributed by atoms with E-state index in [1.165, 1.54) is 5.69 Å². The van der Waals surface area contributed by atoms with Gasteiger partial charge in [-0.1, -0.05) is 18.2 Å². The standard InChI is InChI=1S/C23H23N3O3/c24-18-6-8-19(9-7-18)25-14-16-26(17-15-25)20-10-12-22(13-11-20)29-23(27)28-21-4-2-1-3-5-21/h1-13H,14-17,24H2. The molecule has 0 atom stereocenters. The smallest absolute Gasteiger partial charge is 0.399 e. The summed E-state index contributed by atoms with van der Waals surface area (Å²) in [5.74, 6) is 0.906. The zero-order chi connectivity index (χ0) is 20.1. The number of nitrogens with two attached hydrogens (primary N) is 1. The van der Waals surface area contributed by atoms with Gasteiger partial charge in [-0.2, -0.15) is 0 Å². The first-order valence-electron chi connectivity index (χ1n) is 9.57. The summed E-state index contributed by atoms with van der Waals surface area (Å²) in [6.45, 7) is 3.71. The predicted molar refractivity (Wildman–Crippen MR) is 115 cm³/mol. The molecule has 0 radical (unpaired) electrons. The van der Waals surface area contributed by atoms with Crippen LogP contribution < -0.4 is 25.0 Å². The number of hydrogen-bond donors (Lipinski definition) is 1. The van der Waals surface area contributed by atoms with Crippen LogP contribution in [-0.4, -0.2) is 32.3 Å². The van der Waals surface area contributed by atoms with E-state index in [0.29, 0.717) is 11.5 Å². The Labute approximate surface area is 170 Å². The third kappa shape index (κ3) is 4.79. The van der Waals surface area contributed by atoms with Crippen molar-refractivity contribution in [1.82, 2.24) is 0 Å². The van der Waals surface area contributed by atoms with Crippen molar-refractivity contribution in [2.75, 3.05) is 41.7 Å². The van der Waals surface area contributed by atoms with Crippen molar-refractivity contribution in [2.24, 2.45) is 0 Å². The Balaban J connectivity index is 1.30. The summed E-state index contributed by atoms with van der Waals surface area (Å²) in [4.78, 5) is 16.6. The fourth-order valence-electron chi connectivity index (χ4n) is 3.33. The van der Waals surface area contributed by atoms with Gasteiger partial charge in [-0.3, -0.25) is 0 Å². The molecule has 3 aromatic carbocycles. The number of carbonyl (C=O) groups excluding carboxylic acids is 1. The number of rotatable bonds is 4. The molecule has 6 nitrogen and oxygen atoms in total. The zero-order valence-electron chi connectivity index (χ0n) is 16.0. The van der Waals surface area contributed by atoms with Gasteiger partial charge in [-0.15, -0.1) is 0 Å². The van der Waals surface area contributed by atoms with Crippen molar-refractivity contribution < 1.29 is 14.3 Å². The molecule has 0 unspecified atom stereocenters. The molecule has 1 aliphatic rings. The first-order valence-corrected chi connectivity index (χ1v) is 9.57. The number of para-hydroxylation sites is 1. The molecule has 0 saturated carbocycles. The van der Waals surface area contributed by atoms with Crippen molar-refractivity contribution in [3.05, 3.63) is 78.9 Å². The van der Waals surface area contributed by atoms with Gasteiger partial charge in [-0.25, -0.2) is 4.79 Å². The number of anilines is 3. The third-order valence-corrected chi connectivity index (χ3v) is 4.89. The van der Waals surface area contributed by atoms with Gasteiger partial charge in [0.05, 0.1) is 0 Å². The van der Waals surface area contributed by atoms with E-state index in [9.17, 15) is 4.79 Å². The molecular weight excluding hydrogens is 366 g/mol. The maximum Gasteiger partial charge on any atom is 0.519 e. The Kier molecular flexibility index (Phi) is 5.52. The highest BCUT2D eigenvalue weighted by Gasteiger charge is 2.18. The maximum atomic E-state index is 11.9. The quantitative estimate of drug-likeness (QED) is 0.410. The third-order valence-electron chi connectivity index (χ3n) is 4.89. The Morgan fingerprint density at radius 3 is 1.62 bits per heavy atom. The second kappa shape index (κ2) is 8.56. The minimum absolute atomic E-state index is 0.452. The molecule has 0 aliphatic carbocycles. The zero-order valence-corrected chi connectivity index (χ0v) is 16.0. The molecule has 2 N–H and O–H groups in total. The van der Waals surface area contributed by atoms with Crippen molar-refractivity contribution in [1.29, 1.82) is 0 Å². The van der Waals surface area contributed by atoms with Gasteiger partial charge in [0.1, 0.15) is 11.5 Å². The molecule has 3 aromatic rings. The molecule has 0 amide bonds. The topological polar surface area (TPSA) is 68.0 Å². The van der Waals surface area contributed by atoms with E-state index in [-0.39, 0.29) is 0 Å². The van der Waals surface area contributed by atoms with E-state index in [2.05, 4.69) is 21.9 Å². The Bertz CT molecular complexity index is 935. The minimum atomic E-state index is -0.749. The summed E-state index contributed by atoms with van der Waals surface area (Å²) in [6.07, 6.45) is -0.749. The molecule has 1 aliphatic heterocycles. The molecular formula is C23H23N3O3. The summed E-state index contributed by atoms with van der Waals surface area (Å²) in [5.41, 5.74) is 8.85. The SMILES string of the molecule is Nc1ccc(N2CCN(c3ccc(OC(=O)Oc4ccccc4)cc3)CC2)cc1. The van der Waals surface area contributed by atoms with Gasteiger partial charge in [0.15, 0.2) is 0 Å². The van der Waals surface area contributed by atoms with E-state index in [1.807, 2.05) is 30.3 Å². The fraction of sp³-hybridized carbons (Fsp3) is 0.174. The predicted octanol–water partition coefficient (Wildman–Crippen LogP) is 4.17. The molecule has 0 spiro atoms. The lowest BCUT2D eigenvalue weighted by atomic mass is 10.2. The molecule has 29 heavy (non-hydrogen) atoms. The van der Waals surface area contributed by atoms with Crippen molar-refractivity contribution in [3.63, 3.8) is 0 Å². The summed E-state index contributed by atoms with van der Waals surface area (Å²) in [5, 5.41) is 0. The van der Waals surface area contributed by atoms with Crippen LogP contribution in [0.5, 0.6) is 11.5 Å². The average molecular weight is 389 g/mol. The van der Waals surface area contributed by atoms with Gasteiger partial charge < -0.3 is 25.0 Å². The van der Waals surface area contributed by atoms with Crippen LogP contribution in [-0.2, 0) is 0 Å². The first kappa shape index (κ1) is 18.7. The number of piperazine rings is 1. The second-order valence-corrected chi connectivity index (χ2v) is 6.83. The molecule has 0 bridgehead atoms. The van der Waals surface area contributed by atoms with Gasteiger partial charge >= 0.3 is 6.16 Å². The van der Waals surface area contributed by atoms with Crippen LogP contribution in [0.3, 0.4) is 0 Å². The van der Waals surface area contributed by atoms with Crippen LogP contribution in [0.25, 0.3) is 0 Å². The Hall–Kier alpha value is -3.67. The van der Waals surface area contributed by atoms with E-state index < -0.39 is 6.16 Å². The van der Waals surface area contributed by atoms with Gasteiger partial charge in [0, 0.05) is 43.2 Å². The molecule has 1 heterocycles. The fourth-order valence-corrected chi connectivity index (χ4v) is 3.33. The van der Waals surface area contributed by atoms with Crippen LogP contribution in [0.4, 0.5) is 21.9 Å². The lowest BCUT2D eigenvalue weighted by molar-refractivity contribution is 0.152. The number of hydrogen-bond acceptors (Lipinski definition) is 6. The highest BCUT2D eigenvalue weighted by Crippen LogP contribution is 2.24. The normalized spacial score (nSPS) is 13.8. The summed E-state index contributed by atoms with van der Waals surface area (Å²) < 4.78 is 10.4. The Morgan fingerprint density at radius 1 is 0.655 bits per heavy atom. The summed E-state index contributed by atoms with van der Waals surface area (Å²) in [7, 11) is 0. The van der Waals surface area contributed by atoms with Crippen LogP contribution in [0.2, 0.25) is 0 Å². The van der Waals surface area contributed by atoms with Crippen LogP contribution in [0, 0.1) is 0 Å². The number of nitrogen functional groups attached to an aromatic ring is 1. The second-order valence-electron chi connectivity index (χ2n) is 6.83. The largest absolute Gasteiger partial charge is 0.519 e. The molecule has 4 rings (SSSR count). The van der Waals surface area contributed by atoms with Gasteiger partial charge in [-0.05, 0) is 60.7 Å². The monoisotopic (exact) mass is 389 g/mol. The molecule has 0 aromatic heterocycles. The number of ether oxygens (including phenoxy) is 2. The van der Waals surface area contributed by atoms with E-state index in [1.54, 1.807) is 36.4 Å². The first-order chi connectivity index (χ1) is 14.2. The lowest BCUT2D eigenvalue weighted by Gasteiger charge is -2.37. The van der Waals surface area contributed by atoms with E-state index in [4.69, 9.17) is 15.2 Å². The van der Waals surface area contributed by atoms with Crippen molar-refractivity contribution >= 4 is 23.2 Å². The number of nitrogens with zero attached hydrogens (tertiary/aromatic N) is 2. The summed E-state index contributed by atoms with van der Waals surface area (Å²) in [6, 6.07) is 24.3. The van der Waals surface area contributed by atoms with Crippen molar-refractivity contribution in [3.8, 4) is 11.5 Å². The Morgan fingerprint density at radius 2 is 1.10 bits per heavy atom. The van der Waals surface area contributed by atoms with Crippen molar-refractivity contribution in [2.45, 2.75) is 0 Å². The van der Waals surface area contributed by atoms with Gasteiger partial charge in [0.25, 0.3) is 0 Å². The maximum absolute atomic E-state index is 11.9. The summed E-state index contributed by atoms with van der Waals surface area (Å²) >= 11 is 0. The lowest BCUT2D eigenvalue weighted by Crippen LogP contribution is -2.46. The van der Waals surface area contributed by atoms with Crippen LogP contribution in [0.15, 0.2) is 78.9 Å². The molecule has 1 fully saturated rings. The van der Waals surface area contributed by atoms with Crippen LogP contribution >= 0.6 is 0 Å².